The highest BCUT2D eigenvalue weighted by molar-refractivity contribution is 5.51. The van der Waals surface area contributed by atoms with Crippen LogP contribution >= 0.6 is 0 Å². The van der Waals surface area contributed by atoms with Gasteiger partial charge in [0.2, 0.25) is 0 Å². The zero-order chi connectivity index (χ0) is 22.2. The number of fused-ring (bicyclic) bond motifs is 6. The van der Waals surface area contributed by atoms with Gasteiger partial charge in [0.15, 0.2) is 17.1 Å². The molecule has 32 heavy (non-hydrogen) atoms. The molecule has 0 radical (unpaired) electrons. The largest absolute Gasteiger partial charge is 0.490 e. The van der Waals surface area contributed by atoms with Gasteiger partial charge in [0, 0.05) is 48.4 Å². The van der Waals surface area contributed by atoms with Crippen molar-refractivity contribution in [1.82, 2.24) is 19.5 Å². The van der Waals surface area contributed by atoms with E-state index in [-0.39, 0.29) is 0 Å². The Morgan fingerprint density at radius 1 is 1.16 bits per heavy atom. The first-order valence-electron chi connectivity index (χ1n) is 11.7. The van der Waals surface area contributed by atoms with E-state index in [0.29, 0.717) is 25.3 Å². The van der Waals surface area contributed by atoms with E-state index < -0.39 is 0 Å². The number of benzene rings is 1. The Hall–Kier alpha value is -2.86. The number of aryl methyl sites for hydroxylation is 1. The summed E-state index contributed by atoms with van der Waals surface area (Å²) in [7, 11) is 0. The summed E-state index contributed by atoms with van der Waals surface area (Å²) in [4.78, 5) is 7.36. The zero-order valence-corrected chi connectivity index (χ0v) is 19.3. The van der Waals surface area contributed by atoms with Crippen LogP contribution in [0.5, 0.6) is 11.5 Å². The van der Waals surface area contributed by atoms with E-state index in [1.165, 1.54) is 29.7 Å². The van der Waals surface area contributed by atoms with E-state index in [4.69, 9.17) is 19.6 Å². The topological polar surface area (TPSA) is 51.9 Å². The van der Waals surface area contributed by atoms with Crippen molar-refractivity contribution in [3.63, 3.8) is 0 Å². The molecule has 0 aliphatic carbocycles. The monoisotopic (exact) mass is 432 g/mol. The van der Waals surface area contributed by atoms with Gasteiger partial charge in [-0.2, -0.15) is 5.10 Å². The lowest BCUT2D eigenvalue weighted by atomic mass is 9.97. The van der Waals surface area contributed by atoms with Gasteiger partial charge in [-0.3, -0.25) is 4.90 Å². The van der Waals surface area contributed by atoms with Crippen LogP contribution in [-0.4, -0.2) is 38.8 Å². The van der Waals surface area contributed by atoms with Gasteiger partial charge < -0.3 is 9.47 Å². The number of allylic oxidation sites excluding steroid dienone is 1. The number of hydrogen-bond donors (Lipinski definition) is 0. The zero-order valence-electron chi connectivity index (χ0n) is 19.3. The molecule has 168 valence electrons. The van der Waals surface area contributed by atoms with Gasteiger partial charge in [-0.15, -0.1) is 6.58 Å². The fraction of sp³-hybridized carbons (Fsp3) is 0.462. The van der Waals surface area contributed by atoms with Crippen LogP contribution < -0.4 is 9.47 Å². The third-order valence-corrected chi connectivity index (χ3v) is 6.68. The summed E-state index contributed by atoms with van der Waals surface area (Å²) >= 11 is 0. The predicted octanol–water partition coefficient (Wildman–Crippen LogP) is 4.83. The van der Waals surface area contributed by atoms with Crippen LogP contribution in [0, 0.1) is 6.92 Å². The summed E-state index contributed by atoms with van der Waals surface area (Å²) in [5.41, 5.74) is 7.04. The second-order valence-electron chi connectivity index (χ2n) is 8.78. The van der Waals surface area contributed by atoms with Gasteiger partial charge in [-0.05, 0) is 51.7 Å². The number of hydrogen-bond acceptors (Lipinski definition) is 5. The molecule has 1 saturated heterocycles. The second kappa shape index (κ2) is 8.58. The van der Waals surface area contributed by atoms with Crippen molar-refractivity contribution < 1.29 is 9.47 Å². The molecule has 0 N–H and O–H groups in total. The molecule has 2 bridgehead atoms. The fourth-order valence-electron chi connectivity index (χ4n) is 5.45. The molecule has 0 saturated carbocycles. The Morgan fingerprint density at radius 2 is 2.00 bits per heavy atom. The average molecular weight is 433 g/mol. The number of aromatic nitrogens is 3. The Balaban J connectivity index is 1.49. The Labute approximate surface area is 189 Å². The molecule has 6 nitrogen and oxygen atoms in total. The second-order valence-corrected chi connectivity index (χ2v) is 8.78. The van der Waals surface area contributed by atoms with E-state index in [9.17, 15) is 0 Å². The number of rotatable bonds is 8. The molecular formula is C26H32N4O2. The molecule has 2 aliphatic rings. The van der Waals surface area contributed by atoms with Crippen LogP contribution in [0.25, 0.3) is 5.65 Å². The van der Waals surface area contributed by atoms with Crippen molar-refractivity contribution in [2.75, 3.05) is 13.2 Å². The highest BCUT2D eigenvalue weighted by Gasteiger charge is 2.41. The van der Waals surface area contributed by atoms with Gasteiger partial charge >= 0.3 is 0 Å². The van der Waals surface area contributed by atoms with Crippen molar-refractivity contribution >= 4 is 5.65 Å². The van der Waals surface area contributed by atoms with Gasteiger partial charge in [0.1, 0.15) is 0 Å². The molecule has 0 spiro atoms. The fourth-order valence-corrected chi connectivity index (χ4v) is 5.45. The summed E-state index contributed by atoms with van der Waals surface area (Å²) in [5.74, 6) is 1.69. The maximum absolute atomic E-state index is 5.98. The van der Waals surface area contributed by atoms with E-state index in [0.717, 1.165) is 47.8 Å². The normalized spacial score (nSPS) is 19.8. The molecule has 5 rings (SSSR count). The van der Waals surface area contributed by atoms with E-state index in [1.807, 2.05) is 26.8 Å². The van der Waals surface area contributed by atoms with Crippen LogP contribution in [0.3, 0.4) is 0 Å². The maximum Gasteiger partial charge on any atom is 0.164 e. The van der Waals surface area contributed by atoms with Gasteiger partial charge in [-0.25, -0.2) is 9.50 Å². The molecule has 0 amide bonds. The van der Waals surface area contributed by atoms with Crippen LogP contribution in [0.2, 0.25) is 0 Å². The van der Waals surface area contributed by atoms with Crippen molar-refractivity contribution in [3.05, 3.63) is 65.1 Å². The van der Waals surface area contributed by atoms with Crippen molar-refractivity contribution in [2.45, 2.75) is 65.1 Å². The molecule has 2 aromatic heterocycles. The average Bonchev–Trinajstić information content (AvgIpc) is 3.28. The molecule has 4 heterocycles. The van der Waals surface area contributed by atoms with Crippen molar-refractivity contribution in [2.24, 2.45) is 0 Å². The quantitative estimate of drug-likeness (QED) is 0.478. The first kappa shape index (κ1) is 21.0. The van der Waals surface area contributed by atoms with Crippen molar-refractivity contribution in [3.8, 4) is 11.5 Å². The molecule has 6 heteroatoms. The molecule has 2 aliphatic heterocycles. The smallest absolute Gasteiger partial charge is 0.164 e. The minimum absolute atomic E-state index is 0.384. The molecule has 0 unspecified atom stereocenters. The predicted molar refractivity (Wildman–Crippen MR) is 125 cm³/mol. The lowest BCUT2D eigenvalue weighted by Gasteiger charge is -2.36. The molecule has 1 aromatic carbocycles. The molecule has 2 atom stereocenters. The Morgan fingerprint density at radius 3 is 2.78 bits per heavy atom. The molecule has 3 aromatic rings. The van der Waals surface area contributed by atoms with Gasteiger partial charge in [0.05, 0.1) is 24.6 Å². The highest BCUT2D eigenvalue weighted by Crippen LogP contribution is 2.45. The summed E-state index contributed by atoms with van der Waals surface area (Å²) in [6, 6.07) is 7.39. The minimum atomic E-state index is 0.384. The highest BCUT2D eigenvalue weighted by atomic mass is 16.5. The first-order valence-corrected chi connectivity index (χ1v) is 11.7. The lowest BCUT2D eigenvalue weighted by molar-refractivity contribution is 0.164. The first-order chi connectivity index (χ1) is 15.6. The SMILES string of the molecule is C=CCc1cc(CN2[C@@H]3CC[C@@H]2c2cnc4cc(C)nn4c2C3)cc(OCC)c1OCC. The Kier molecular flexibility index (Phi) is 5.64. The van der Waals surface area contributed by atoms with Crippen LogP contribution in [0.1, 0.15) is 60.8 Å². The maximum atomic E-state index is 5.98. The summed E-state index contributed by atoms with van der Waals surface area (Å²) in [5, 5.41) is 4.72. The summed E-state index contributed by atoms with van der Waals surface area (Å²) in [6.07, 6.45) is 8.16. The molecular weight excluding hydrogens is 400 g/mol. The summed E-state index contributed by atoms with van der Waals surface area (Å²) in [6.45, 7) is 12.1. The number of ether oxygens (including phenoxy) is 2. The van der Waals surface area contributed by atoms with Gasteiger partial charge in [-0.1, -0.05) is 12.1 Å². The van der Waals surface area contributed by atoms with Crippen LogP contribution in [0.15, 0.2) is 37.1 Å². The van der Waals surface area contributed by atoms with E-state index in [2.05, 4.69) is 40.4 Å². The van der Waals surface area contributed by atoms with Crippen LogP contribution in [0.4, 0.5) is 0 Å². The van der Waals surface area contributed by atoms with E-state index >= 15 is 0 Å². The lowest BCUT2D eigenvalue weighted by Crippen LogP contribution is -2.38. The third-order valence-electron chi connectivity index (χ3n) is 6.68. The standard InChI is InChI=1S/C26H32N4O2/c1-5-8-19-12-18(13-24(31-6-2)26(19)32-7-3)16-29-20-9-10-22(29)21-15-27-25-11-17(4)28-30(25)23(21)14-20/h5,11-13,15,20,22H,1,6-10,14,16H2,2-4H3/t20-,22-/m1/s1. The van der Waals surface area contributed by atoms with E-state index in [1.54, 1.807) is 0 Å². The summed E-state index contributed by atoms with van der Waals surface area (Å²) < 4.78 is 14.0. The van der Waals surface area contributed by atoms with Gasteiger partial charge in [0.25, 0.3) is 0 Å². The third kappa shape index (κ3) is 3.56. The minimum Gasteiger partial charge on any atom is -0.490 e. The molecule has 1 fully saturated rings. The number of nitrogens with zero attached hydrogens (tertiary/aromatic N) is 4. The Bertz CT molecular complexity index is 1150. The van der Waals surface area contributed by atoms with Crippen LogP contribution in [-0.2, 0) is 19.4 Å². The van der Waals surface area contributed by atoms with Crippen molar-refractivity contribution in [1.29, 1.82) is 0 Å².